The molecule has 5 nitrogen and oxygen atoms in total. The molecule has 0 aliphatic carbocycles. The number of hydrogen-bond acceptors (Lipinski definition) is 5. The second-order valence-corrected chi connectivity index (χ2v) is 4.93. The average molecular weight is 237 g/mol. The van der Waals surface area contributed by atoms with Crippen molar-refractivity contribution in [3.05, 3.63) is 29.0 Å². The molecule has 0 amide bonds. The van der Waals surface area contributed by atoms with Crippen LogP contribution in [0, 0.1) is 0 Å². The highest BCUT2D eigenvalue weighted by molar-refractivity contribution is 7.15. The van der Waals surface area contributed by atoms with Gasteiger partial charge in [-0.25, -0.2) is 4.98 Å². The Bertz CT molecular complexity index is 461. The van der Waals surface area contributed by atoms with Crippen LogP contribution in [0.5, 0.6) is 0 Å². The first kappa shape index (κ1) is 11.1. The van der Waals surface area contributed by atoms with Crippen LogP contribution in [0.1, 0.15) is 10.6 Å². The summed E-state index contributed by atoms with van der Waals surface area (Å²) in [5.41, 5.74) is 6.78. The highest BCUT2D eigenvalue weighted by Gasteiger charge is 2.06. The van der Waals surface area contributed by atoms with Gasteiger partial charge in [0.1, 0.15) is 0 Å². The van der Waals surface area contributed by atoms with Crippen molar-refractivity contribution in [3.8, 4) is 0 Å². The van der Waals surface area contributed by atoms with Gasteiger partial charge >= 0.3 is 0 Å². The summed E-state index contributed by atoms with van der Waals surface area (Å²) < 4.78 is 1.89. The third-order valence-electron chi connectivity index (χ3n) is 2.35. The smallest absolute Gasteiger partial charge is 0.180 e. The molecule has 2 rings (SSSR count). The molecule has 2 aromatic heterocycles. The Morgan fingerprint density at radius 3 is 2.88 bits per heavy atom. The maximum atomic E-state index is 5.59. The fourth-order valence-corrected chi connectivity index (χ4v) is 2.32. The molecule has 16 heavy (non-hydrogen) atoms. The summed E-state index contributed by atoms with van der Waals surface area (Å²) in [4.78, 5) is 7.43. The lowest BCUT2D eigenvalue weighted by Gasteiger charge is -2.15. The van der Waals surface area contributed by atoms with Gasteiger partial charge in [0.25, 0.3) is 0 Å². The Balaban J connectivity index is 1.94. The van der Waals surface area contributed by atoms with Gasteiger partial charge in [0, 0.05) is 37.4 Å². The molecule has 6 heteroatoms. The molecule has 0 bridgehead atoms. The Hall–Kier alpha value is -1.40. The number of hydrogen-bond donors (Lipinski definition) is 1. The SMILES string of the molecule is CN(Cc1cnc(N)s1)Cc1ccnn1C. The number of aromatic nitrogens is 3. The van der Waals surface area contributed by atoms with Crippen LogP contribution in [0.15, 0.2) is 18.5 Å². The van der Waals surface area contributed by atoms with Crippen molar-refractivity contribution in [2.45, 2.75) is 13.1 Å². The van der Waals surface area contributed by atoms with Crippen molar-refractivity contribution in [2.24, 2.45) is 7.05 Å². The summed E-state index contributed by atoms with van der Waals surface area (Å²) in [5, 5.41) is 4.77. The Labute approximate surface area is 98.5 Å². The number of anilines is 1. The number of nitrogens with zero attached hydrogens (tertiary/aromatic N) is 4. The van der Waals surface area contributed by atoms with E-state index in [1.54, 1.807) is 0 Å². The summed E-state index contributed by atoms with van der Waals surface area (Å²) in [6.45, 7) is 1.73. The van der Waals surface area contributed by atoms with Gasteiger partial charge in [-0.3, -0.25) is 9.58 Å². The zero-order valence-electron chi connectivity index (χ0n) is 9.42. The molecule has 0 aliphatic heterocycles. The minimum absolute atomic E-state index is 0.629. The van der Waals surface area contributed by atoms with E-state index in [0.717, 1.165) is 13.1 Å². The normalized spacial score (nSPS) is 11.2. The van der Waals surface area contributed by atoms with E-state index in [2.05, 4.69) is 22.0 Å². The Morgan fingerprint density at radius 2 is 2.31 bits per heavy atom. The van der Waals surface area contributed by atoms with Gasteiger partial charge in [0.2, 0.25) is 0 Å². The third-order valence-corrected chi connectivity index (χ3v) is 3.16. The van der Waals surface area contributed by atoms with Crippen molar-refractivity contribution in [3.63, 3.8) is 0 Å². The fourth-order valence-electron chi connectivity index (χ4n) is 1.55. The lowest BCUT2D eigenvalue weighted by atomic mass is 10.4. The first-order valence-corrected chi connectivity index (χ1v) is 5.82. The minimum Gasteiger partial charge on any atom is -0.375 e. The molecule has 2 heterocycles. The van der Waals surface area contributed by atoms with E-state index in [9.17, 15) is 0 Å². The largest absolute Gasteiger partial charge is 0.375 e. The van der Waals surface area contributed by atoms with E-state index >= 15 is 0 Å². The van der Waals surface area contributed by atoms with Crippen LogP contribution in [0.2, 0.25) is 0 Å². The Kier molecular flexibility index (Phi) is 3.21. The highest BCUT2D eigenvalue weighted by atomic mass is 32.1. The predicted molar refractivity (Wildman–Crippen MR) is 64.9 cm³/mol. The topological polar surface area (TPSA) is 60.0 Å². The van der Waals surface area contributed by atoms with Crippen molar-refractivity contribution in [1.82, 2.24) is 19.7 Å². The second-order valence-electron chi connectivity index (χ2n) is 3.78. The van der Waals surface area contributed by atoms with Gasteiger partial charge in [0.05, 0.1) is 5.69 Å². The van der Waals surface area contributed by atoms with E-state index < -0.39 is 0 Å². The molecule has 0 saturated heterocycles. The van der Waals surface area contributed by atoms with E-state index in [1.807, 2.05) is 30.2 Å². The zero-order valence-corrected chi connectivity index (χ0v) is 10.2. The average Bonchev–Trinajstić information content (AvgIpc) is 2.77. The molecular weight excluding hydrogens is 222 g/mol. The van der Waals surface area contributed by atoms with Crippen molar-refractivity contribution in [2.75, 3.05) is 12.8 Å². The maximum Gasteiger partial charge on any atom is 0.180 e. The molecule has 86 valence electrons. The van der Waals surface area contributed by atoms with Gasteiger partial charge in [-0.1, -0.05) is 0 Å². The van der Waals surface area contributed by atoms with Crippen LogP contribution < -0.4 is 5.73 Å². The first-order valence-electron chi connectivity index (χ1n) is 5.01. The molecule has 2 N–H and O–H groups in total. The summed E-state index contributed by atoms with van der Waals surface area (Å²) in [6, 6.07) is 2.03. The van der Waals surface area contributed by atoms with Crippen molar-refractivity contribution >= 4 is 16.5 Å². The zero-order chi connectivity index (χ0) is 11.5. The van der Waals surface area contributed by atoms with Crippen LogP contribution in [-0.2, 0) is 20.1 Å². The van der Waals surface area contributed by atoms with Crippen LogP contribution >= 0.6 is 11.3 Å². The summed E-state index contributed by atoms with van der Waals surface area (Å²) in [6.07, 6.45) is 3.65. The van der Waals surface area contributed by atoms with Gasteiger partial charge in [-0.2, -0.15) is 5.10 Å². The number of rotatable bonds is 4. The molecule has 0 saturated carbocycles. The summed E-state index contributed by atoms with van der Waals surface area (Å²) in [7, 11) is 4.02. The number of aryl methyl sites for hydroxylation is 1. The van der Waals surface area contributed by atoms with E-state index in [-0.39, 0.29) is 0 Å². The van der Waals surface area contributed by atoms with Crippen LogP contribution in [0.25, 0.3) is 0 Å². The van der Waals surface area contributed by atoms with Gasteiger partial charge in [-0.15, -0.1) is 11.3 Å². The van der Waals surface area contributed by atoms with Crippen LogP contribution in [-0.4, -0.2) is 26.7 Å². The summed E-state index contributed by atoms with van der Waals surface area (Å²) >= 11 is 1.54. The standard InChI is InChI=1S/C10H15N5S/c1-14(6-8-3-4-13-15(8)2)7-9-5-12-10(11)16-9/h3-5H,6-7H2,1-2H3,(H2,11,12). The van der Waals surface area contributed by atoms with Crippen LogP contribution in [0.4, 0.5) is 5.13 Å². The lowest BCUT2D eigenvalue weighted by molar-refractivity contribution is 0.312. The predicted octanol–water partition coefficient (Wildman–Crippen LogP) is 1.09. The minimum atomic E-state index is 0.629. The lowest BCUT2D eigenvalue weighted by Crippen LogP contribution is -2.18. The number of nitrogen functional groups attached to an aromatic ring is 1. The monoisotopic (exact) mass is 237 g/mol. The van der Waals surface area contributed by atoms with Crippen molar-refractivity contribution in [1.29, 1.82) is 0 Å². The molecule has 0 fully saturated rings. The molecule has 0 atom stereocenters. The molecular formula is C10H15N5S. The quantitative estimate of drug-likeness (QED) is 0.864. The molecule has 0 radical (unpaired) electrons. The molecule has 0 unspecified atom stereocenters. The molecule has 0 spiro atoms. The summed E-state index contributed by atoms with van der Waals surface area (Å²) in [5.74, 6) is 0. The highest BCUT2D eigenvalue weighted by Crippen LogP contribution is 2.16. The molecule has 0 aliphatic rings. The second kappa shape index (κ2) is 4.63. The van der Waals surface area contributed by atoms with E-state index in [4.69, 9.17) is 5.73 Å². The fraction of sp³-hybridized carbons (Fsp3) is 0.400. The van der Waals surface area contributed by atoms with Crippen molar-refractivity contribution < 1.29 is 0 Å². The van der Waals surface area contributed by atoms with Gasteiger partial charge in [-0.05, 0) is 13.1 Å². The van der Waals surface area contributed by atoms with Gasteiger partial charge in [0.15, 0.2) is 5.13 Å². The molecule has 0 aromatic carbocycles. The third kappa shape index (κ3) is 2.59. The van der Waals surface area contributed by atoms with Gasteiger partial charge < -0.3 is 5.73 Å². The van der Waals surface area contributed by atoms with Crippen LogP contribution in [0.3, 0.4) is 0 Å². The molecule has 2 aromatic rings. The number of nitrogens with two attached hydrogens (primary N) is 1. The number of thiazole rings is 1. The first-order chi connectivity index (χ1) is 7.65. The van der Waals surface area contributed by atoms with E-state index in [0.29, 0.717) is 5.13 Å². The maximum absolute atomic E-state index is 5.59. The van der Waals surface area contributed by atoms with E-state index in [1.165, 1.54) is 21.9 Å². The Morgan fingerprint density at radius 1 is 1.50 bits per heavy atom.